The summed E-state index contributed by atoms with van der Waals surface area (Å²) in [7, 11) is 0. The van der Waals surface area contributed by atoms with Gasteiger partial charge in [0.15, 0.2) is 0 Å². The summed E-state index contributed by atoms with van der Waals surface area (Å²) >= 11 is 0. The van der Waals surface area contributed by atoms with Gasteiger partial charge in [-0.25, -0.2) is 0 Å². The van der Waals surface area contributed by atoms with Gasteiger partial charge >= 0.3 is 5.97 Å². The van der Waals surface area contributed by atoms with Crippen LogP contribution in [0.3, 0.4) is 0 Å². The molecule has 0 heterocycles. The van der Waals surface area contributed by atoms with Crippen LogP contribution >= 0.6 is 0 Å². The lowest BCUT2D eigenvalue weighted by atomic mass is 9.83. The smallest absolute Gasteiger partial charge is 0.305 e. The minimum atomic E-state index is -0.315. The van der Waals surface area contributed by atoms with E-state index in [1.165, 1.54) is 0 Å². The number of carbonyl (C=O) groups is 1. The molecule has 0 bridgehead atoms. The van der Waals surface area contributed by atoms with E-state index in [2.05, 4.69) is 6.92 Å². The van der Waals surface area contributed by atoms with Crippen LogP contribution in [0.15, 0.2) is 0 Å². The molecule has 0 aliphatic carbocycles. The third kappa shape index (κ3) is 6.83. The second-order valence-electron chi connectivity index (χ2n) is 5.57. The standard InChI is InChI=1S/C13H26O3/c1-6-16-12(15)8-7-10(2)9-11(14)13(3,4)5/h10-11,14H,6-9H2,1-5H3/t10-,11+/m0/s1. The number of rotatable bonds is 6. The van der Waals surface area contributed by atoms with E-state index in [9.17, 15) is 9.90 Å². The summed E-state index contributed by atoms with van der Waals surface area (Å²) in [5.74, 6) is 0.207. The lowest BCUT2D eigenvalue weighted by Crippen LogP contribution is -2.28. The molecule has 96 valence electrons. The molecule has 0 spiro atoms. The Kier molecular flexibility index (Phi) is 6.65. The third-order valence-corrected chi connectivity index (χ3v) is 2.77. The Bertz CT molecular complexity index is 206. The molecular formula is C13H26O3. The van der Waals surface area contributed by atoms with E-state index in [4.69, 9.17) is 4.74 Å². The lowest BCUT2D eigenvalue weighted by Gasteiger charge is -2.28. The van der Waals surface area contributed by atoms with Gasteiger partial charge in [0, 0.05) is 6.42 Å². The maximum atomic E-state index is 11.1. The van der Waals surface area contributed by atoms with Crippen LogP contribution in [0.1, 0.15) is 53.9 Å². The Hall–Kier alpha value is -0.570. The van der Waals surface area contributed by atoms with Crippen LogP contribution in [0.5, 0.6) is 0 Å². The van der Waals surface area contributed by atoms with Crippen molar-refractivity contribution in [1.82, 2.24) is 0 Å². The molecule has 1 N–H and O–H groups in total. The first kappa shape index (κ1) is 15.4. The number of ether oxygens (including phenoxy) is 1. The summed E-state index contributed by atoms with van der Waals surface area (Å²) in [4.78, 5) is 11.1. The fourth-order valence-corrected chi connectivity index (χ4v) is 1.45. The molecule has 0 unspecified atom stereocenters. The molecule has 2 atom stereocenters. The highest BCUT2D eigenvalue weighted by Crippen LogP contribution is 2.26. The molecule has 0 aromatic rings. The first-order valence-electron chi connectivity index (χ1n) is 6.11. The average molecular weight is 230 g/mol. The fraction of sp³-hybridized carbons (Fsp3) is 0.923. The minimum Gasteiger partial charge on any atom is -0.466 e. The highest BCUT2D eigenvalue weighted by atomic mass is 16.5. The van der Waals surface area contributed by atoms with Gasteiger partial charge in [0.25, 0.3) is 0 Å². The zero-order valence-electron chi connectivity index (χ0n) is 11.2. The molecular weight excluding hydrogens is 204 g/mol. The molecule has 0 aliphatic heterocycles. The van der Waals surface area contributed by atoms with E-state index in [-0.39, 0.29) is 17.5 Å². The van der Waals surface area contributed by atoms with E-state index in [1.807, 2.05) is 27.7 Å². The highest BCUT2D eigenvalue weighted by Gasteiger charge is 2.24. The summed E-state index contributed by atoms with van der Waals surface area (Å²) < 4.78 is 4.86. The van der Waals surface area contributed by atoms with Gasteiger partial charge in [0.1, 0.15) is 0 Å². The van der Waals surface area contributed by atoms with Crippen molar-refractivity contribution in [2.75, 3.05) is 6.61 Å². The van der Waals surface area contributed by atoms with Crippen LogP contribution in [0.4, 0.5) is 0 Å². The second-order valence-corrected chi connectivity index (χ2v) is 5.57. The number of carbonyl (C=O) groups excluding carboxylic acids is 1. The summed E-state index contributed by atoms with van der Waals surface area (Å²) in [5, 5.41) is 9.91. The largest absolute Gasteiger partial charge is 0.466 e. The Morgan fingerprint density at radius 1 is 1.38 bits per heavy atom. The van der Waals surface area contributed by atoms with Gasteiger partial charge in [0.05, 0.1) is 12.7 Å². The zero-order valence-corrected chi connectivity index (χ0v) is 11.2. The molecule has 16 heavy (non-hydrogen) atoms. The van der Waals surface area contributed by atoms with Crippen molar-refractivity contribution in [3.8, 4) is 0 Å². The lowest BCUT2D eigenvalue weighted by molar-refractivity contribution is -0.143. The topological polar surface area (TPSA) is 46.5 Å². The number of aliphatic hydroxyl groups excluding tert-OH is 1. The van der Waals surface area contributed by atoms with Crippen molar-refractivity contribution in [2.45, 2.75) is 60.0 Å². The number of aliphatic hydroxyl groups is 1. The molecule has 0 rings (SSSR count). The van der Waals surface area contributed by atoms with Crippen LogP contribution in [-0.4, -0.2) is 23.8 Å². The summed E-state index contributed by atoms with van der Waals surface area (Å²) in [5.41, 5.74) is -0.0851. The van der Waals surface area contributed by atoms with Crippen LogP contribution < -0.4 is 0 Å². The predicted molar refractivity (Wildman–Crippen MR) is 65.1 cm³/mol. The third-order valence-electron chi connectivity index (χ3n) is 2.77. The molecule has 0 fully saturated rings. The molecule has 0 aliphatic rings. The van der Waals surface area contributed by atoms with E-state index < -0.39 is 0 Å². The molecule has 0 aromatic heterocycles. The molecule has 3 nitrogen and oxygen atoms in total. The average Bonchev–Trinajstić information content (AvgIpc) is 2.13. The summed E-state index contributed by atoms with van der Waals surface area (Å²) in [6, 6.07) is 0. The predicted octanol–water partition coefficient (Wildman–Crippen LogP) is 2.76. The van der Waals surface area contributed by atoms with Crippen LogP contribution in [0.25, 0.3) is 0 Å². The van der Waals surface area contributed by atoms with Crippen LogP contribution in [-0.2, 0) is 9.53 Å². The van der Waals surface area contributed by atoms with Crippen molar-refractivity contribution in [3.05, 3.63) is 0 Å². The van der Waals surface area contributed by atoms with E-state index in [0.29, 0.717) is 18.9 Å². The van der Waals surface area contributed by atoms with Crippen LogP contribution in [0, 0.1) is 11.3 Å². The number of hydrogen-bond donors (Lipinski definition) is 1. The van der Waals surface area contributed by atoms with E-state index >= 15 is 0 Å². The van der Waals surface area contributed by atoms with Gasteiger partial charge < -0.3 is 9.84 Å². The van der Waals surface area contributed by atoms with Gasteiger partial charge in [-0.2, -0.15) is 0 Å². The molecule has 3 heteroatoms. The van der Waals surface area contributed by atoms with Gasteiger partial charge in [-0.1, -0.05) is 27.7 Å². The second kappa shape index (κ2) is 6.89. The van der Waals surface area contributed by atoms with Crippen molar-refractivity contribution < 1.29 is 14.6 Å². The fourth-order valence-electron chi connectivity index (χ4n) is 1.45. The maximum Gasteiger partial charge on any atom is 0.305 e. The van der Waals surface area contributed by atoms with E-state index in [0.717, 1.165) is 12.8 Å². The molecule has 0 saturated carbocycles. The number of hydrogen-bond acceptors (Lipinski definition) is 3. The van der Waals surface area contributed by atoms with Crippen molar-refractivity contribution in [1.29, 1.82) is 0 Å². The molecule has 0 aromatic carbocycles. The Morgan fingerprint density at radius 3 is 2.38 bits per heavy atom. The highest BCUT2D eigenvalue weighted by molar-refractivity contribution is 5.69. The Morgan fingerprint density at radius 2 is 1.94 bits per heavy atom. The number of esters is 1. The maximum absolute atomic E-state index is 11.1. The van der Waals surface area contributed by atoms with Crippen molar-refractivity contribution >= 4 is 5.97 Å². The van der Waals surface area contributed by atoms with Gasteiger partial charge in [-0.05, 0) is 31.1 Å². The first-order valence-corrected chi connectivity index (χ1v) is 6.11. The monoisotopic (exact) mass is 230 g/mol. The zero-order chi connectivity index (χ0) is 12.8. The quantitative estimate of drug-likeness (QED) is 0.714. The molecule has 0 amide bonds. The van der Waals surface area contributed by atoms with Crippen molar-refractivity contribution in [3.63, 3.8) is 0 Å². The van der Waals surface area contributed by atoms with Gasteiger partial charge in [-0.15, -0.1) is 0 Å². The summed E-state index contributed by atoms with van der Waals surface area (Å²) in [6.07, 6.45) is 1.66. The van der Waals surface area contributed by atoms with Crippen molar-refractivity contribution in [2.24, 2.45) is 11.3 Å². The summed E-state index contributed by atoms with van der Waals surface area (Å²) in [6.45, 7) is 10.4. The minimum absolute atomic E-state index is 0.0851. The Labute approximate surface area is 99.2 Å². The molecule has 0 radical (unpaired) electrons. The SMILES string of the molecule is CCOC(=O)CC[C@H](C)C[C@@H](O)C(C)(C)C. The first-order chi connectivity index (χ1) is 7.27. The Balaban J connectivity index is 3.82. The normalized spacial score (nSPS) is 15.6. The molecule has 0 saturated heterocycles. The van der Waals surface area contributed by atoms with Crippen LogP contribution in [0.2, 0.25) is 0 Å². The van der Waals surface area contributed by atoms with Gasteiger partial charge in [0.2, 0.25) is 0 Å². The van der Waals surface area contributed by atoms with Gasteiger partial charge in [-0.3, -0.25) is 4.79 Å². The van der Waals surface area contributed by atoms with E-state index in [1.54, 1.807) is 0 Å².